The Morgan fingerprint density at radius 1 is 1.41 bits per heavy atom. The summed E-state index contributed by atoms with van der Waals surface area (Å²) in [4.78, 5) is 2.39. The minimum atomic E-state index is -0.124. The van der Waals surface area contributed by atoms with Gasteiger partial charge < -0.3 is 4.57 Å². The fourth-order valence-corrected chi connectivity index (χ4v) is 4.70. The Bertz CT molecular complexity index is 742. The first-order valence-corrected chi connectivity index (χ1v) is 8.90. The molecule has 1 aliphatic heterocycles. The minimum Gasteiger partial charge on any atom is -0.343 e. The summed E-state index contributed by atoms with van der Waals surface area (Å²) < 4.78 is 16.5. The quantitative estimate of drug-likeness (QED) is 0.591. The molecule has 1 atom stereocenters. The summed E-state index contributed by atoms with van der Waals surface area (Å²) >= 11 is 1.75. The van der Waals surface area contributed by atoms with Gasteiger partial charge in [-0.1, -0.05) is 39.1 Å². The summed E-state index contributed by atoms with van der Waals surface area (Å²) in [6, 6.07) is 3.43. The molecule has 1 aliphatic rings. The number of aromatic nitrogens is 1. The van der Waals surface area contributed by atoms with Gasteiger partial charge >= 0.3 is 0 Å². The van der Waals surface area contributed by atoms with Gasteiger partial charge in [0.05, 0.1) is 5.52 Å². The second-order valence-corrected chi connectivity index (χ2v) is 8.07. The first kappa shape index (κ1) is 15.7. The molecule has 1 aromatic carbocycles. The molecule has 1 aromatic heterocycles. The van der Waals surface area contributed by atoms with Crippen LogP contribution >= 0.6 is 11.8 Å². The number of benzene rings is 1. The van der Waals surface area contributed by atoms with E-state index >= 15 is 0 Å². The molecule has 1 nitrogen and oxygen atoms in total. The van der Waals surface area contributed by atoms with E-state index in [0.717, 1.165) is 22.5 Å². The van der Waals surface area contributed by atoms with E-state index in [4.69, 9.17) is 0 Å². The Labute approximate surface area is 136 Å². The molecular formula is C19H24FNS. The van der Waals surface area contributed by atoms with Crippen molar-refractivity contribution >= 4 is 22.7 Å². The molecule has 0 spiro atoms. The third-order valence-corrected chi connectivity index (χ3v) is 5.50. The van der Waals surface area contributed by atoms with E-state index in [1.54, 1.807) is 23.9 Å². The molecule has 118 valence electrons. The lowest BCUT2D eigenvalue weighted by Crippen LogP contribution is -2.13. The van der Waals surface area contributed by atoms with Crippen molar-refractivity contribution < 1.29 is 4.39 Å². The Morgan fingerprint density at radius 2 is 2.14 bits per heavy atom. The Kier molecular flexibility index (Phi) is 4.11. The second-order valence-electron chi connectivity index (χ2n) is 6.76. The molecule has 0 fully saturated rings. The van der Waals surface area contributed by atoms with Gasteiger partial charge in [-0.2, -0.15) is 0 Å². The SMILES string of the molecule is C=C(C)Sc1c2n(c3cc(F)cc(C(C)C)c13)CCC[C@@H]2C. The van der Waals surface area contributed by atoms with Crippen LogP contribution in [0.4, 0.5) is 4.39 Å². The molecule has 2 heterocycles. The van der Waals surface area contributed by atoms with Gasteiger partial charge in [0.15, 0.2) is 0 Å². The van der Waals surface area contributed by atoms with Crippen LogP contribution in [-0.4, -0.2) is 4.57 Å². The fourth-order valence-electron chi connectivity index (χ4n) is 3.61. The van der Waals surface area contributed by atoms with Crippen molar-refractivity contribution in [1.82, 2.24) is 4.57 Å². The van der Waals surface area contributed by atoms with Gasteiger partial charge in [-0.3, -0.25) is 0 Å². The predicted molar refractivity (Wildman–Crippen MR) is 94.3 cm³/mol. The van der Waals surface area contributed by atoms with Crippen LogP contribution in [0, 0.1) is 5.82 Å². The lowest BCUT2D eigenvalue weighted by molar-refractivity contribution is 0.476. The van der Waals surface area contributed by atoms with E-state index in [1.165, 1.54) is 28.8 Å². The molecule has 3 heteroatoms. The van der Waals surface area contributed by atoms with Crippen LogP contribution < -0.4 is 0 Å². The van der Waals surface area contributed by atoms with Crippen LogP contribution in [0.3, 0.4) is 0 Å². The average molecular weight is 317 g/mol. The highest BCUT2D eigenvalue weighted by molar-refractivity contribution is 8.03. The number of hydrogen-bond acceptors (Lipinski definition) is 1. The highest BCUT2D eigenvalue weighted by atomic mass is 32.2. The zero-order valence-corrected chi connectivity index (χ0v) is 14.7. The molecule has 0 N–H and O–H groups in total. The zero-order valence-electron chi connectivity index (χ0n) is 13.9. The maximum atomic E-state index is 14.2. The Morgan fingerprint density at radius 3 is 2.77 bits per heavy atom. The molecule has 0 bridgehead atoms. The summed E-state index contributed by atoms with van der Waals surface area (Å²) in [5.41, 5.74) is 3.56. The highest BCUT2D eigenvalue weighted by Crippen LogP contribution is 2.46. The van der Waals surface area contributed by atoms with Gasteiger partial charge in [0, 0.05) is 22.5 Å². The van der Waals surface area contributed by atoms with E-state index in [9.17, 15) is 4.39 Å². The fraction of sp³-hybridized carbons (Fsp3) is 0.474. The molecule has 22 heavy (non-hydrogen) atoms. The average Bonchev–Trinajstić information content (AvgIpc) is 2.73. The first-order valence-electron chi connectivity index (χ1n) is 8.09. The van der Waals surface area contributed by atoms with Crippen molar-refractivity contribution in [1.29, 1.82) is 0 Å². The number of nitrogens with zero attached hydrogens (tertiary/aromatic N) is 1. The third-order valence-electron chi connectivity index (χ3n) is 4.54. The molecule has 0 saturated heterocycles. The summed E-state index contributed by atoms with van der Waals surface area (Å²) in [5.74, 6) is 0.704. The van der Waals surface area contributed by atoms with Crippen molar-refractivity contribution in [3.05, 3.63) is 40.7 Å². The summed E-state index contributed by atoms with van der Waals surface area (Å²) in [7, 11) is 0. The summed E-state index contributed by atoms with van der Waals surface area (Å²) in [6.07, 6.45) is 2.38. The van der Waals surface area contributed by atoms with E-state index in [2.05, 4.69) is 31.9 Å². The van der Waals surface area contributed by atoms with Gasteiger partial charge in [0.2, 0.25) is 0 Å². The van der Waals surface area contributed by atoms with Crippen LogP contribution in [0.1, 0.15) is 63.6 Å². The largest absolute Gasteiger partial charge is 0.343 e. The van der Waals surface area contributed by atoms with Crippen LogP contribution in [0.25, 0.3) is 10.9 Å². The van der Waals surface area contributed by atoms with Crippen molar-refractivity contribution in [2.45, 2.75) is 63.8 Å². The molecule has 0 unspecified atom stereocenters. The van der Waals surface area contributed by atoms with Crippen LogP contribution in [0.5, 0.6) is 0 Å². The van der Waals surface area contributed by atoms with Crippen LogP contribution in [0.15, 0.2) is 28.5 Å². The molecule has 0 aliphatic carbocycles. The van der Waals surface area contributed by atoms with Gasteiger partial charge in [0.1, 0.15) is 5.82 Å². The predicted octanol–water partition coefficient (Wildman–Crippen LogP) is 6.43. The lowest BCUT2D eigenvalue weighted by Gasteiger charge is -2.23. The number of halogens is 1. The molecular weight excluding hydrogens is 293 g/mol. The van der Waals surface area contributed by atoms with Crippen LogP contribution in [-0.2, 0) is 6.54 Å². The van der Waals surface area contributed by atoms with Gasteiger partial charge in [-0.05, 0) is 54.2 Å². The smallest absolute Gasteiger partial charge is 0.125 e. The van der Waals surface area contributed by atoms with Crippen molar-refractivity contribution in [3.8, 4) is 0 Å². The number of allylic oxidation sites excluding steroid dienone is 1. The molecule has 0 saturated carbocycles. The number of aryl methyl sites for hydroxylation is 1. The van der Waals surface area contributed by atoms with E-state index in [0.29, 0.717) is 11.8 Å². The molecule has 2 aromatic rings. The molecule has 3 rings (SSSR count). The van der Waals surface area contributed by atoms with Gasteiger partial charge in [0.25, 0.3) is 0 Å². The molecule has 0 radical (unpaired) electrons. The maximum absolute atomic E-state index is 14.2. The zero-order chi connectivity index (χ0) is 16.0. The van der Waals surface area contributed by atoms with Crippen molar-refractivity contribution in [2.75, 3.05) is 0 Å². The first-order chi connectivity index (χ1) is 10.4. The number of fused-ring (bicyclic) bond motifs is 3. The number of rotatable bonds is 3. The Hall–Kier alpha value is -1.22. The van der Waals surface area contributed by atoms with Crippen molar-refractivity contribution in [2.24, 2.45) is 0 Å². The highest BCUT2D eigenvalue weighted by Gasteiger charge is 2.27. The maximum Gasteiger partial charge on any atom is 0.125 e. The third kappa shape index (κ3) is 2.50. The van der Waals surface area contributed by atoms with E-state index in [-0.39, 0.29) is 5.82 Å². The standard InChI is InChI=1S/C19H24FNS/c1-11(2)15-9-14(20)10-16-17(15)19(22-12(3)4)18-13(5)7-6-8-21(16)18/h9-11,13H,3,6-8H2,1-2,4-5H3/t13-/m0/s1. The number of hydrogen-bond donors (Lipinski definition) is 0. The van der Waals surface area contributed by atoms with E-state index in [1.807, 2.05) is 6.92 Å². The number of thioether (sulfide) groups is 1. The van der Waals surface area contributed by atoms with Gasteiger partial charge in [-0.25, -0.2) is 4.39 Å². The second kappa shape index (κ2) is 5.77. The van der Waals surface area contributed by atoms with Crippen molar-refractivity contribution in [3.63, 3.8) is 0 Å². The monoisotopic (exact) mass is 317 g/mol. The van der Waals surface area contributed by atoms with Gasteiger partial charge in [-0.15, -0.1) is 0 Å². The normalized spacial score (nSPS) is 18.0. The van der Waals surface area contributed by atoms with E-state index < -0.39 is 0 Å². The summed E-state index contributed by atoms with van der Waals surface area (Å²) in [6.45, 7) is 13.7. The summed E-state index contributed by atoms with van der Waals surface area (Å²) in [5, 5.41) is 1.24. The lowest BCUT2D eigenvalue weighted by atomic mass is 9.96. The molecule has 0 amide bonds. The Balaban J connectivity index is 2.41. The minimum absolute atomic E-state index is 0.124. The topological polar surface area (TPSA) is 4.93 Å². The van der Waals surface area contributed by atoms with Crippen LogP contribution in [0.2, 0.25) is 0 Å².